The Bertz CT molecular complexity index is 467. The molecule has 0 bridgehead atoms. The zero-order valence-electron chi connectivity index (χ0n) is 11.6. The van der Waals surface area contributed by atoms with Crippen molar-refractivity contribution in [3.05, 3.63) is 29.6 Å². The molecule has 3 N–H and O–H groups in total. The minimum Gasteiger partial charge on any atom is -0.507 e. The number of amides is 1. The predicted molar refractivity (Wildman–Crippen MR) is 74.1 cm³/mol. The van der Waals surface area contributed by atoms with Gasteiger partial charge in [0.05, 0.1) is 0 Å². The number of benzene rings is 1. The fourth-order valence-electron chi connectivity index (χ4n) is 2.40. The Morgan fingerprint density at radius 2 is 2.05 bits per heavy atom. The van der Waals surface area contributed by atoms with Gasteiger partial charge in [-0.05, 0) is 19.1 Å². The van der Waals surface area contributed by atoms with Crippen molar-refractivity contribution in [2.75, 3.05) is 32.7 Å². The lowest BCUT2D eigenvalue weighted by atomic mass is 10.1. The van der Waals surface area contributed by atoms with Crippen LogP contribution in [0.3, 0.4) is 0 Å². The summed E-state index contributed by atoms with van der Waals surface area (Å²) in [5, 5.41) is 9.66. The van der Waals surface area contributed by atoms with E-state index in [1.54, 1.807) is 4.90 Å². The average molecular weight is 281 g/mol. The van der Waals surface area contributed by atoms with Crippen molar-refractivity contribution >= 4 is 5.91 Å². The molecule has 0 aliphatic carbocycles. The molecule has 1 aliphatic rings. The lowest BCUT2D eigenvalue weighted by molar-refractivity contribution is 0.0581. The number of phenolic OH excluding ortho intramolecular Hbond substituents is 1. The number of carbonyl (C=O) groups excluding carboxylic acids is 1. The first-order valence-electron chi connectivity index (χ1n) is 6.75. The van der Waals surface area contributed by atoms with E-state index in [-0.39, 0.29) is 17.4 Å². The normalized spacial score (nSPS) is 18.1. The third-order valence-corrected chi connectivity index (χ3v) is 3.77. The maximum absolute atomic E-state index is 13.7. The summed E-state index contributed by atoms with van der Waals surface area (Å²) in [6, 6.07) is 4.15. The number of halogens is 1. The van der Waals surface area contributed by atoms with Crippen molar-refractivity contribution in [2.24, 2.45) is 5.73 Å². The molecule has 0 aromatic heterocycles. The number of piperazine rings is 1. The molecule has 20 heavy (non-hydrogen) atoms. The van der Waals surface area contributed by atoms with Crippen LogP contribution in [0.4, 0.5) is 4.39 Å². The Morgan fingerprint density at radius 1 is 1.40 bits per heavy atom. The van der Waals surface area contributed by atoms with E-state index in [9.17, 15) is 14.3 Å². The predicted octanol–water partition coefficient (Wildman–Crippen LogP) is 0.636. The number of carbonyl (C=O) groups is 1. The number of rotatable bonds is 3. The lowest BCUT2D eigenvalue weighted by Gasteiger charge is -2.37. The average Bonchev–Trinajstić information content (AvgIpc) is 2.46. The number of nitrogens with zero attached hydrogens (tertiary/aromatic N) is 2. The molecule has 1 unspecified atom stereocenters. The van der Waals surface area contributed by atoms with Crippen LogP contribution in [-0.2, 0) is 0 Å². The molecule has 110 valence electrons. The number of aromatic hydroxyl groups is 1. The van der Waals surface area contributed by atoms with Crippen LogP contribution in [0.1, 0.15) is 17.3 Å². The minimum absolute atomic E-state index is 0.243. The number of nitrogens with two attached hydrogens (primary N) is 1. The van der Waals surface area contributed by atoms with Gasteiger partial charge in [-0.25, -0.2) is 4.39 Å². The Labute approximate surface area is 117 Å². The Morgan fingerprint density at radius 3 is 2.60 bits per heavy atom. The summed E-state index contributed by atoms with van der Waals surface area (Å²) < 4.78 is 13.7. The quantitative estimate of drug-likeness (QED) is 0.853. The molecule has 2 rings (SSSR count). The number of hydrogen-bond acceptors (Lipinski definition) is 4. The highest BCUT2D eigenvalue weighted by Crippen LogP contribution is 2.22. The second-order valence-corrected chi connectivity index (χ2v) is 5.05. The first-order chi connectivity index (χ1) is 9.54. The zero-order chi connectivity index (χ0) is 14.7. The second-order valence-electron chi connectivity index (χ2n) is 5.05. The van der Waals surface area contributed by atoms with Gasteiger partial charge in [-0.1, -0.05) is 6.07 Å². The number of hydrogen-bond donors (Lipinski definition) is 2. The van der Waals surface area contributed by atoms with E-state index in [1.165, 1.54) is 18.2 Å². The van der Waals surface area contributed by atoms with Crippen molar-refractivity contribution in [1.82, 2.24) is 9.80 Å². The molecule has 1 heterocycles. The fourth-order valence-corrected chi connectivity index (χ4v) is 2.40. The van der Waals surface area contributed by atoms with Crippen LogP contribution in [0.5, 0.6) is 5.75 Å². The van der Waals surface area contributed by atoms with Crippen molar-refractivity contribution in [3.8, 4) is 5.75 Å². The van der Waals surface area contributed by atoms with Crippen molar-refractivity contribution in [1.29, 1.82) is 0 Å². The van der Waals surface area contributed by atoms with Gasteiger partial charge < -0.3 is 15.7 Å². The van der Waals surface area contributed by atoms with Crippen LogP contribution in [-0.4, -0.2) is 59.6 Å². The van der Waals surface area contributed by atoms with Crippen molar-refractivity contribution < 1.29 is 14.3 Å². The van der Waals surface area contributed by atoms with Gasteiger partial charge >= 0.3 is 0 Å². The largest absolute Gasteiger partial charge is 0.507 e. The molecule has 1 saturated heterocycles. The molecule has 1 aromatic rings. The van der Waals surface area contributed by atoms with Gasteiger partial charge in [0.1, 0.15) is 17.1 Å². The van der Waals surface area contributed by atoms with Crippen LogP contribution in [0.25, 0.3) is 0 Å². The van der Waals surface area contributed by atoms with Gasteiger partial charge in [-0.3, -0.25) is 9.69 Å². The molecule has 6 heteroatoms. The molecular formula is C14H20FN3O2. The molecule has 1 amide bonds. The molecule has 5 nitrogen and oxygen atoms in total. The summed E-state index contributed by atoms with van der Waals surface area (Å²) >= 11 is 0. The highest BCUT2D eigenvalue weighted by molar-refractivity contribution is 5.97. The Hall–Kier alpha value is -1.66. The fraction of sp³-hybridized carbons (Fsp3) is 0.500. The molecule has 1 atom stereocenters. The smallest absolute Gasteiger partial charge is 0.260 e. The van der Waals surface area contributed by atoms with Gasteiger partial charge in [-0.15, -0.1) is 0 Å². The van der Waals surface area contributed by atoms with Crippen LogP contribution in [0, 0.1) is 5.82 Å². The third-order valence-electron chi connectivity index (χ3n) is 3.77. The van der Waals surface area contributed by atoms with Crippen molar-refractivity contribution in [2.45, 2.75) is 13.0 Å². The van der Waals surface area contributed by atoms with Gasteiger partial charge in [0.15, 0.2) is 0 Å². The molecule has 1 aromatic carbocycles. The van der Waals surface area contributed by atoms with Gasteiger partial charge in [0, 0.05) is 38.8 Å². The molecule has 1 aliphatic heterocycles. The maximum atomic E-state index is 13.7. The highest BCUT2D eigenvalue weighted by atomic mass is 19.1. The standard InChI is InChI=1S/C14H20FN3O2/c1-10(9-16)17-5-7-18(8-6-17)14(20)13-11(15)3-2-4-12(13)19/h2-4,10,19H,5-9,16H2,1H3. The first-order valence-corrected chi connectivity index (χ1v) is 6.75. The summed E-state index contributed by atoms with van der Waals surface area (Å²) in [7, 11) is 0. The first kappa shape index (κ1) is 14.7. The van der Waals surface area contributed by atoms with Crippen LogP contribution in [0.2, 0.25) is 0 Å². The molecule has 0 saturated carbocycles. The monoisotopic (exact) mass is 281 g/mol. The van der Waals surface area contributed by atoms with E-state index < -0.39 is 11.7 Å². The summed E-state index contributed by atoms with van der Waals surface area (Å²) in [5.41, 5.74) is 5.38. The maximum Gasteiger partial charge on any atom is 0.260 e. The summed E-state index contributed by atoms with van der Waals surface area (Å²) in [6.07, 6.45) is 0. The summed E-state index contributed by atoms with van der Waals surface area (Å²) in [5.74, 6) is -1.46. The van der Waals surface area contributed by atoms with E-state index in [2.05, 4.69) is 4.90 Å². The Balaban J connectivity index is 2.05. The second kappa shape index (κ2) is 6.19. The minimum atomic E-state index is -0.687. The zero-order valence-corrected chi connectivity index (χ0v) is 11.6. The Kier molecular flexibility index (Phi) is 4.57. The molecule has 0 radical (unpaired) electrons. The van der Waals surface area contributed by atoms with Crippen molar-refractivity contribution in [3.63, 3.8) is 0 Å². The van der Waals surface area contributed by atoms with E-state index in [1.807, 2.05) is 6.92 Å². The highest BCUT2D eigenvalue weighted by Gasteiger charge is 2.27. The third kappa shape index (κ3) is 2.91. The van der Waals surface area contributed by atoms with Crippen LogP contribution < -0.4 is 5.73 Å². The lowest BCUT2D eigenvalue weighted by Crippen LogP contribution is -2.52. The summed E-state index contributed by atoms with van der Waals surface area (Å²) in [6.45, 7) is 5.05. The van der Waals surface area contributed by atoms with Gasteiger partial charge in [0.2, 0.25) is 0 Å². The van der Waals surface area contributed by atoms with Gasteiger partial charge in [-0.2, -0.15) is 0 Å². The van der Waals surface area contributed by atoms with E-state index in [4.69, 9.17) is 5.73 Å². The van der Waals surface area contributed by atoms with E-state index >= 15 is 0 Å². The molecule has 1 fully saturated rings. The topological polar surface area (TPSA) is 69.8 Å². The van der Waals surface area contributed by atoms with E-state index in [0.717, 1.165) is 0 Å². The molecular weight excluding hydrogens is 261 g/mol. The SMILES string of the molecule is CC(CN)N1CCN(C(=O)c2c(O)cccc2F)CC1. The van der Waals surface area contributed by atoms with Gasteiger partial charge in [0.25, 0.3) is 5.91 Å². The van der Waals surface area contributed by atoms with Crippen LogP contribution >= 0.6 is 0 Å². The summed E-state index contributed by atoms with van der Waals surface area (Å²) in [4.78, 5) is 16.0. The number of phenols is 1. The van der Waals surface area contributed by atoms with Crippen LogP contribution in [0.15, 0.2) is 18.2 Å². The van der Waals surface area contributed by atoms with E-state index in [0.29, 0.717) is 32.7 Å². The molecule has 0 spiro atoms.